The molecule has 4 heteroatoms. The summed E-state index contributed by atoms with van der Waals surface area (Å²) in [5.74, 6) is 0.0371. The first kappa shape index (κ1) is 11.0. The molecule has 0 radical (unpaired) electrons. The van der Waals surface area contributed by atoms with Crippen molar-refractivity contribution < 1.29 is 9.52 Å². The standard InChI is InChI=1S/C12H15NO3/c1-8(2)6-13-10-5-9(7-14)3-4-11(10)16-12(13)15/h3-5,8,14H,6-7H2,1-2H3. The minimum atomic E-state index is -0.334. The van der Waals surface area contributed by atoms with Crippen LogP contribution in [0.1, 0.15) is 19.4 Å². The third-order valence-corrected chi connectivity index (χ3v) is 2.46. The zero-order valence-corrected chi connectivity index (χ0v) is 9.43. The van der Waals surface area contributed by atoms with Crippen molar-refractivity contribution in [1.29, 1.82) is 0 Å². The lowest BCUT2D eigenvalue weighted by Gasteiger charge is -2.05. The van der Waals surface area contributed by atoms with Gasteiger partial charge in [-0.3, -0.25) is 4.57 Å². The van der Waals surface area contributed by atoms with Gasteiger partial charge >= 0.3 is 5.76 Å². The van der Waals surface area contributed by atoms with E-state index in [1.165, 1.54) is 0 Å². The molecule has 0 amide bonds. The van der Waals surface area contributed by atoms with Crippen LogP contribution in [0.2, 0.25) is 0 Å². The Morgan fingerprint density at radius 1 is 1.44 bits per heavy atom. The maximum absolute atomic E-state index is 11.6. The Morgan fingerprint density at radius 3 is 2.81 bits per heavy atom. The maximum Gasteiger partial charge on any atom is 0.419 e. The van der Waals surface area contributed by atoms with Crippen LogP contribution in [0.15, 0.2) is 27.4 Å². The highest BCUT2D eigenvalue weighted by Gasteiger charge is 2.10. The molecule has 1 heterocycles. The molecule has 2 aromatic rings. The zero-order chi connectivity index (χ0) is 11.7. The highest BCUT2D eigenvalue weighted by molar-refractivity contribution is 5.73. The molecular weight excluding hydrogens is 206 g/mol. The Morgan fingerprint density at radius 2 is 2.19 bits per heavy atom. The summed E-state index contributed by atoms with van der Waals surface area (Å²) in [4.78, 5) is 11.6. The summed E-state index contributed by atoms with van der Waals surface area (Å²) in [6.07, 6.45) is 0. The summed E-state index contributed by atoms with van der Waals surface area (Å²) in [7, 11) is 0. The lowest BCUT2D eigenvalue weighted by molar-refractivity contribution is 0.282. The minimum absolute atomic E-state index is 0.0308. The van der Waals surface area contributed by atoms with Gasteiger partial charge < -0.3 is 9.52 Å². The van der Waals surface area contributed by atoms with Crippen molar-refractivity contribution >= 4 is 11.1 Å². The Bertz CT molecular complexity index is 551. The molecule has 0 aliphatic heterocycles. The molecule has 0 bridgehead atoms. The van der Waals surface area contributed by atoms with E-state index in [9.17, 15) is 4.79 Å². The molecule has 2 rings (SSSR count). The molecule has 0 saturated heterocycles. The van der Waals surface area contributed by atoms with Crippen molar-refractivity contribution in [1.82, 2.24) is 4.57 Å². The fraction of sp³-hybridized carbons (Fsp3) is 0.417. The van der Waals surface area contributed by atoms with Gasteiger partial charge in [0.25, 0.3) is 0 Å². The number of aliphatic hydroxyl groups excluding tert-OH is 1. The fourth-order valence-corrected chi connectivity index (χ4v) is 1.74. The Balaban J connectivity index is 2.61. The van der Waals surface area contributed by atoms with Crippen molar-refractivity contribution in [3.63, 3.8) is 0 Å². The average molecular weight is 221 g/mol. The molecule has 0 atom stereocenters. The van der Waals surface area contributed by atoms with E-state index in [1.54, 1.807) is 22.8 Å². The molecule has 0 unspecified atom stereocenters. The van der Waals surface area contributed by atoms with E-state index >= 15 is 0 Å². The molecule has 1 aromatic heterocycles. The van der Waals surface area contributed by atoms with Gasteiger partial charge in [0.2, 0.25) is 0 Å². The fourth-order valence-electron chi connectivity index (χ4n) is 1.74. The van der Waals surface area contributed by atoms with E-state index in [0.29, 0.717) is 18.0 Å². The van der Waals surface area contributed by atoms with E-state index in [1.807, 2.05) is 13.8 Å². The van der Waals surface area contributed by atoms with Gasteiger partial charge in [0.1, 0.15) is 0 Å². The van der Waals surface area contributed by atoms with E-state index in [0.717, 1.165) is 11.1 Å². The first-order chi connectivity index (χ1) is 7.61. The molecular formula is C12H15NO3. The Labute approximate surface area is 93.1 Å². The van der Waals surface area contributed by atoms with Crippen LogP contribution in [0.4, 0.5) is 0 Å². The Hall–Kier alpha value is -1.55. The van der Waals surface area contributed by atoms with Crippen LogP contribution >= 0.6 is 0 Å². The van der Waals surface area contributed by atoms with Crippen LogP contribution in [0.25, 0.3) is 11.1 Å². The first-order valence-electron chi connectivity index (χ1n) is 5.35. The van der Waals surface area contributed by atoms with Crippen molar-refractivity contribution in [3.8, 4) is 0 Å². The third kappa shape index (κ3) is 1.88. The van der Waals surface area contributed by atoms with E-state index in [-0.39, 0.29) is 12.4 Å². The number of aliphatic hydroxyl groups is 1. The number of aromatic nitrogens is 1. The minimum Gasteiger partial charge on any atom is -0.408 e. The molecule has 0 aliphatic rings. The van der Waals surface area contributed by atoms with Gasteiger partial charge in [0.05, 0.1) is 12.1 Å². The molecule has 0 spiro atoms. The van der Waals surface area contributed by atoms with Gasteiger partial charge in [-0.2, -0.15) is 0 Å². The number of oxazole rings is 1. The van der Waals surface area contributed by atoms with Crippen molar-refractivity contribution in [3.05, 3.63) is 34.3 Å². The van der Waals surface area contributed by atoms with Crippen molar-refractivity contribution in [2.75, 3.05) is 0 Å². The lowest BCUT2D eigenvalue weighted by Crippen LogP contribution is -2.17. The van der Waals surface area contributed by atoms with Crippen LogP contribution in [-0.4, -0.2) is 9.67 Å². The van der Waals surface area contributed by atoms with Gasteiger partial charge in [-0.1, -0.05) is 19.9 Å². The second kappa shape index (κ2) is 4.14. The number of fused-ring (bicyclic) bond motifs is 1. The summed E-state index contributed by atoms with van der Waals surface area (Å²) < 4.78 is 6.74. The largest absolute Gasteiger partial charge is 0.419 e. The number of rotatable bonds is 3. The predicted octanol–water partition coefficient (Wildman–Crippen LogP) is 1.74. The van der Waals surface area contributed by atoms with Crippen LogP contribution in [-0.2, 0) is 13.2 Å². The van der Waals surface area contributed by atoms with Crippen molar-refractivity contribution in [2.45, 2.75) is 27.0 Å². The van der Waals surface area contributed by atoms with Crippen LogP contribution in [0.5, 0.6) is 0 Å². The molecule has 16 heavy (non-hydrogen) atoms. The van der Waals surface area contributed by atoms with E-state index < -0.39 is 0 Å². The zero-order valence-electron chi connectivity index (χ0n) is 9.43. The quantitative estimate of drug-likeness (QED) is 0.859. The predicted molar refractivity (Wildman–Crippen MR) is 61.2 cm³/mol. The monoisotopic (exact) mass is 221 g/mol. The van der Waals surface area contributed by atoms with Crippen LogP contribution in [0.3, 0.4) is 0 Å². The summed E-state index contributed by atoms with van der Waals surface area (Å²) in [5, 5.41) is 9.06. The molecule has 1 N–H and O–H groups in total. The van der Waals surface area contributed by atoms with Crippen molar-refractivity contribution in [2.24, 2.45) is 5.92 Å². The molecule has 1 aromatic carbocycles. The van der Waals surface area contributed by atoms with Gasteiger partial charge in [0.15, 0.2) is 5.58 Å². The highest BCUT2D eigenvalue weighted by Crippen LogP contribution is 2.16. The summed E-state index contributed by atoms with van der Waals surface area (Å²) in [6.45, 7) is 4.68. The smallest absolute Gasteiger partial charge is 0.408 e. The Kier molecular flexibility index (Phi) is 2.83. The molecule has 0 saturated carbocycles. The highest BCUT2D eigenvalue weighted by atomic mass is 16.4. The van der Waals surface area contributed by atoms with Gasteiger partial charge in [-0.15, -0.1) is 0 Å². The second-order valence-corrected chi connectivity index (χ2v) is 4.33. The summed E-state index contributed by atoms with van der Waals surface area (Å²) >= 11 is 0. The molecule has 0 fully saturated rings. The number of hydrogen-bond acceptors (Lipinski definition) is 3. The number of nitrogens with zero attached hydrogens (tertiary/aromatic N) is 1. The number of benzene rings is 1. The van der Waals surface area contributed by atoms with Gasteiger partial charge in [0, 0.05) is 6.54 Å². The number of hydrogen-bond donors (Lipinski definition) is 1. The summed E-state index contributed by atoms with van der Waals surface area (Å²) in [6, 6.07) is 5.27. The van der Waals surface area contributed by atoms with Gasteiger partial charge in [-0.05, 0) is 23.6 Å². The molecule has 4 nitrogen and oxygen atoms in total. The van der Waals surface area contributed by atoms with E-state index in [2.05, 4.69) is 0 Å². The SMILES string of the molecule is CC(C)Cn1c(=O)oc2ccc(CO)cc21. The van der Waals surface area contributed by atoms with Crippen LogP contribution < -0.4 is 5.76 Å². The average Bonchev–Trinajstić information content (AvgIpc) is 2.54. The first-order valence-corrected chi connectivity index (χ1v) is 5.35. The van der Waals surface area contributed by atoms with Gasteiger partial charge in [-0.25, -0.2) is 4.79 Å². The third-order valence-electron chi connectivity index (χ3n) is 2.46. The summed E-state index contributed by atoms with van der Waals surface area (Å²) in [5.41, 5.74) is 2.11. The lowest BCUT2D eigenvalue weighted by atomic mass is 10.2. The van der Waals surface area contributed by atoms with E-state index in [4.69, 9.17) is 9.52 Å². The topological polar surface area (TPSA) is 55.4 Å². The van der Waals surface area contributed by atoms with Crippen LogP contribution in [0, 0.1) is 5.92 Å². The second-order valence-electron chi connectivity index (χ2n) is 4.33. The molecule has 86 valence electrons. The maximum atomic E-state index is 11.6. The normalized spacial score (nSPS) is 11.5. The molecule has 0 aliphatic carbocycles.